The number of halogens is 2. The highest BCUT2D eigenvalue weighted by Gasteiger charge is 2.23. The molecule has 0 spiro atoms. The van der Waals surface area contributed by atoms with Crippen molar-refractivity contribution >= 4 is 47.2 Å². The smallest absolute Gasteiger partial charge is 0.194 e. The number of para-hydroxylation sites is 1. The van der Waals surface area contributed by atoms with Crippen LogP contribution < -0.4 is 10.2 Å². The highest BCUT2D eigenvalue weighted by atomic mass is 127. The van der Waals surface area contributed by atoms with E-state index >= 15 is 0 Å². The number of nitrogens with zero attached hydrogens (tertiary/aromatic N) is 4. The van der Waals surface area contributed by atoms with Crippen molar-refractivity contribution in [1.82, 2.24) is 15.1 Å². The molecule has 1 unspecified atom stereocenters. The molecule has 5 nitrogen and oxygen atoms in total. The van der Waals surface area contributed by atoms with Gasteiger partial charge < -0.3 is 20.0 Å². The normalized spacial score (nSPS) is 21.7. The number of guanidine groups is 1. The lowest BCUT2D eigenvalue weighted by Gasteiger charge is -2.38. The van der Waals surface area contributed by atoms with Crippen LogP contribution in [0.15, 0.2) is 29.3 Å². The lowest BCUT2D eigenvalue weighted by Crippen LogP contribution is -2.52. The molecule has 7 heteroatoms. The Labute approximate surface area is 179 Å². The maximum absolute atomic E-state index is 6.35. The minimum Gasteiger partial charge on any atom is -0.367 e. The number of anilines is 1. The predicted molar refractivity (Wildman–Crippen MR) is 122 cm³/mol. The summed E-state index contributed by atoms with van der Waals surface area (Å²) in [5.41, 5.74) is 1.14. The molecule has 2 aliphatic rings. The molecule has 2 aliphatic heterocycles. The standard InChI is InChI=1S/C19H30ClN5.HI/c1-3-21-19(22-14-16-8-9-23(2)15-16)25-12-10-24(11-13-25)18-7-5-4-6-17(18)20;/h4-7,16H,3,8-15H2,1-2H3,(H,21,22);1H. The molecular weight excluding hydrogens is 461 g/mol. The zero-order valence-corrected chi connectivity index (χ0v) is 18.9. The average Bonchev–Trinajstić information content (AvgIpc) is 3.05. The Morgan fingerprint density at radius 3 is 2.54 bits per heavy atom. The Balaban J connectivity index is 0.00000243. The molecule has 0 saturated carbocycles. The molecular formula is C19H31ClIN5. The van der Waals surface area contributed by atoms with Crippen LogP contribution in [0.1, 0.15) is 13.3 Å². The van der Waals surface area contributed by atoms with Crippen LogP contribution in [0.2, 0.25) is 5.02 Å². The van der Waals surface area contributed by atoms with Crippen LogP contribution >= 0.6 is 35.6 Å². The summed E-state index contributed by atoms with van der Waals surface area (Å²) in [6.45, 7) is 10.2. The molecule has 0 aromatic heterocycles. The first-order chi connectivity index (χ1) is 12.2. The SMILES string of the molecule is CCNC(=NCC1CCN(C)C1)N1CCN(c2ccccc2Cl)CC1.I. The van der Waals surface area contributed by atoms with Crippen molar-refractivity contribution in [3.05, 3.63) is 29.3 Å². The van der Waals surface area contributed by atoms with Crippen molar-refractivity contribution in [3.63, 3.8) is 0 Å². The van der Waals surface area contributed by atoms with Gasteiger partial charge in [-0.1, -0.05) is 23.7 Å². The Morgan fingerprint density at radius 2 is 1.92 bits per heavy atom. The number of hydrogen-bond donors (Lipinski definition) is 1. The third-order valence-electron chi connectivity index (χ3n) is 5.10. The van der Waals surface area contributed by atoms with Gasteiger partial charge >= 0.3 is 0 Å². The fourth-order valence-corrected chi connectivity index (χ4v) is 3.94. The van der Waals surface area contributed by atoms with Gasteiger partial charge in [0, 0.05) is 45.8 Å². The van der Waals surface area contributed by atoms with Gasteiger partial charge in [-0.2, -0.15) is 0 Å². The minimum absolute atomic E-state index is 0. The van der Waals surface area contributed by atoms with E-state index in [0.29, 0.717) is 5.92 Å². The summed E-state index contributed by atoms with van der Waals surface area (Å²) in [7, 11) is 2.20. The van der Waals surface area contributed by atoms with Gasteiger partial charge in [-0.15, -0.1) is 24.0 Å². The van der Waals surface area contributed by atoms with Crippen LogP contribution in [0.5, 0.6) is 0 Å². The van der Waals surface area contributed by atoms with Crippen molar-refractivity contribution in [2.75, 3.05) is 64.3 Å². The topological polar surface area (TPSA) is 34.1 Å². The summed E-state index contributed by atoms with van der Waals surface area (Å²) in [5, 5.41) is 4.31. The molecule has 3 rings (SSSR count). The summed E-state index contributed by atoms with van der Waals surface area (Å²) in [6, 6.07) is 8.11. The predicted octanol–water partition coefficient (Wildman–Crippen LogP) is 3.00. The second-order valence-corrected chi connectivity index (χ2v) is 7.44. The Bertz CT molecular complexity index is 589. The summed E-state index contributed by atoms with van der Waals surface area (Å²) in [4.78, 5) is 12.1. The molecule has 0 bridgehead atoms. The van der Waals surface area contributed by atoms with Gasteiger partial charge in [0.2, 0.25) is 0 Å². The van der Waals surface area contributed by atoms with Crippen molar-refractivity contribution < 1.29 is 0 Å². The number of hydrogen-bond acceptors (Lipinski definition) is 3. The van der Waals surface area contributed by atoms with Gasteiger partial charge in [-0.3, -0.25) is 4.99 Å². The van der Waals surface area contributed by atoms with E-state index in [2.05, 4.69) is 46.1 Å². The van der Waals surface area contributed by atoms with Crippen LogP contribution in [-0.4, -0.2) is 75.2 Å². The second-order valence-electron chi connectivity index (χ2n) is 7.04. The van der Waals surface area contributed by atoms with Gasteiger partial charge in [0.1, 0.15) is 0 Å². The molecule has 0 radical (unpaired) electrons. The minimum atomic E-state index is 0. The number of aliphatic imine (C=N–C) groups is 1. The molecule has 2 saturated heterocycles. The number of rotatable bonds is 4. The highest BCUT2D eigenvalue weighted by Crippen LogP contribution is 2.26. The molecule has 1 aromatic carbocycles. The summed E-state index contributed by atoms with van der Waals surface area (Å²) < 4.78 is 0. The van der Waals surface area contributed by atoms with Gasteiger partial charge in [-0.25, -0.2) is 0 Å². The zero-order valence-electron chi connectivity index (χ0n) is 15.8. The molecule has 0 aliphatic carbocycles. The number of benzene rings is 1. The quantitative estimate of drug-likeness (QED) is 0.399. The first-order valence-electron chi connectivity index (χ1n) is 9.38. The van der Waals surface area contributed by atoms with Crippen LogP contribution in [0, 0.1) is 5.92 Å². The fraction of sp³-hybridized carbons (Fsp3) is 0.632. The largest absolute Gasteiger partial charge is 0.367 e. The van der Waals surface area contributed by atoms with Crippen molar-refractivity contribution in [3.8, 4) is 0 Å². The van der Waals surface area contributed by atoms with Gasteiger partial charge in [-0.05, 0) is 45.0 Å². The molecule has 146 valence electrons. The van der Waals surface area contributed by atoms with E-state index < -0.39 is 0 Å². The summed E-state index contributed by atoms with van der Waals surface area (Å²) in [6.07, 6.45) is 1.26. The third-order valence-corrected chi connectivity index (χ3v) is 5.42. The summed E-state index contributed by atoms with van der Waals surface area (Å²) in [5.74, 6) is 1.76. The van der Waals surface area contributed by atoms with E-state index in [1.807, 2.05) is 12.1 Å². The van der Waals surface area contributed by atoms with E-state index in [0.717, 1.165) is 55.9 Å². The van der Waals surface area contributed by atoms with E-state index in [-0.39, 0.29) is 24.0 Å². The highest BCUT2D eigenvalue weighted by molar-refractivity contribution is 14.0. The van der Waals surface area contributed by atoms with Crippen LogP contribution in [-0.2, 0) is 0 Å². The number of piperazine rings is 1. The second kappa shape index (κ2) is 10.6. The first kappa shape index (κ1) is 21.6. The zero-order chi connectivity index (χ0) is 17.6. The fourth-order valence-electron chi connectivity index (χ4n) is 3.68. The number of nitrogens with one attached hydrogen (secondary N) is 1. The Morgan fingerprint density at radius 1 is 1.19 bits per heavy atom. The lowest BCUT2D eigenvalue weighted by molar-refractivity contribution is 0.369. The van der Waals surface area contributed by atoms with Crippen molar-refractivity contribution in [2.24, 2.45) is 10.9 Å². The van der Waals surface area contributed by atoms with Gasteiger partial charge in [0.15, 0.2) is 5.96 Å². The molecule has 26 heavy (non-hydrogen) atoms. The molecule has 2 fully saturated rings. The monoisotopic (exact) mass is 491 g/mol. The van der Waals surface area contributed by atoms with E-state index in [1.165, 1.54) is 19.5 Å². The Hall–Kier alpha value is -0.730. The molecule has 1 aromatic rings. The molecule has 2 heterocycles. The Kier molecular flexibility index (Phi) is 8.76. The lowest BCUT2D eigenvalue weighted by atomic mass is 10.1. The maximum atomic E-state index is 6.35. The third kappa shape index (κ3) is 5.63. The van der Waals surface area contributed by atoms with E-state index in [9.17, 15) is 0 Å². The van der Waals surface area contributed by atoms with Crippen LogP contribution in [0.25, 0.3) is 0 Å². The van der Waals surface area contributed by atoms with Crippen molar-refractivity contribution in [1.29, 1.82) is 0 Å². The van der Waals surface area contributed by atoms with E-state index in [1.54, 1.807) is 0 Å². The molecule has 1 N–H and O–H groups in total. The molecule has 1 atom stereocenters. The van der Waals surface area contributed by atoms with Crippen LogP contribution in [0.3, 0.4) is 0 Å². The molecule has 0 amide bonds. The van der Waals surface area contributed by atoms with Crippen molar-refractivity contribution in [2.45, 2.75) is 13.3 Å². The van der Waals surface area contributed by atoms with Gasteiger partial charge in [0.25, 0.3) is 0 Å². The van der Waals surface area contributed by atoms with Gasteiger partial charge in [0.05, 0.1) is 10.7 Å². The summed E-state index contributed by atoms with van der Waals surface area (Å²) >= 11 is 6.35. The maximum Gasteiger partial charge on any atom is 0.194 e. The van der Waals surface area contributed by atoms with E-state index in [4.69, 9.17) is 16.6 Å². The van der Waals surface area contributed by atoms with Crippen LogP contribution in [0.4, 0.5) is 5.69 Å². The number of likely N-dealkylation sites (tertiary alicyclic amines) is 1. The average molecular weight is 492 g/mol. The first-order valence-corrected chi connectivity index (χ1v) is 9.76.